The smallest absolute Gasteiger partial charge is 0.408 e. The number of carbonyl (C=O) groups is 5. The van der Waals surface area contributed by atoms with Crippen LogP contribution in [0.4, 0.5) is 4.79 Å². The SMILES string of the molecule is CC(C)C[C@H](NC(=O)C(Cc1ccoc1)N(C)C(=O)[C@@H](NC(=O)OCc1ccccc1)C(C)C)C(=O)N(C)[C@@H](Cc1ccoc1)C(=O)OC(C)(C)C. The highest BCUT2D eigenvalue weighted by Crippen LogP contribution is 2.19. The highest BCUT2D eigenvalue weighted by atomic mass is 16.6. The molecule has 0 saturated heterocycles. The van der Waals surface area contributed by atoms with Crippen LogP contribution in [0.3, 0.4) is 0 Å². The van der Waals surface area contributed by atoms with Crippen LogP contribution in [0.25, 0.3) is 0 Å². The summed E-state index contributed by atoms with van der Waals surface area (Å²) in [6, 6.07) is 8.35. The summed E-state index contributed by atoms with van der Waals surface area (Å²) < 4.78 is 21.5. The molecular weight excluding hydrogens is 668 g/mol. The number of carbonyl (C=O) groups excluding carboxylic acids is 5. The van der Waals surface area contributed by atoms with Crippen molar-refractivity contribution in [3.8, 4) is 0 Å². The summed E-state index contributed by atoms with van der Waals surface area (Å²) in [5.74, 6) is -2.61. The largest absolute Gasteiger partial charge is 0.472 e. The molecule has 0 spiro atoms. The first-order valence-corrected chi connectivity index (χ1v) is 17.5. The zero-order valence-corrected chi connectivity index (χ0v) is 31.7. The van der Waals surface area contributed by atoms with E-state index in [1.54, 1.807) is 46.8 Å². The van der Waals surface area contributed by atoms with Gasteiger partial charge in [-0.3, -0.25) is 14.4 Å². The molecule has 0 aliphatic heterocycles. The number of furan rings is 2. The summed E-state index contributed by atoms with van der Waals surface area (Å²) in [4.78, 5) is 71.3. The van der Waals surface area contributed by atoms with Gasteiger partial charge in [-0.25, -0.2) is 9.59 Å². The number of likely N-dealkylation sites (N-methyl/N-ethyl adjacent to an activating group) is 2. The molecular formula is C39H54N4O9. The predicted octanol–water partition coefficient (Wildman–Crippen LogP) is 5.14. The van der Waals surface area contributed by atoms with Crippen LogP contribution in [-0.4, -0.2) is 83.4 Å². The fraction of sp³-hybridized carbons (Fsp3) is 0.513. The highest BCUT2D eigenvalue weighted by Gasteiger charge is 2.39. The molecule has 4 atom stereocenters. The third-order valence-corrected chi connectivity index (χ3v) is 8.37. The minimum Gasteiger partial charge on any atom is -0.472 e. The highest BCUT2D eigenvalue weighted by molar-refractivity contribution is 5.95. The fourth-order valence-electron chi connectivity index (χ4n) is 5.56. The molecule has 13 heteroatoms. The molecule has 1 unspecified atom stereocenters. The Balaban J connectivity index is 1.86. The number of amides is 4. The van der Waals surface area contributed by atoms with Gasteiger partial charge in [0.15, 0.2) is 0 Å². The molecule has 3 aromatic rings. The topological polar surface area (TPSA) is 161 Å². The van der Waals surface area contributed by atoms with Crippen molar-refractivity contribution in [3.63, 3.8) is 0 Å². The van der Waals surface area contributed by atoms with Crippen LogP contribution in [0.15, 0.2) is 76.4 Å². The zero-order valence-electron chi connectivity index (χ0n) is 31.7. The lowest BCUT2D eigenvalue weighted by Crippen LogP contribution is -2.59. The van der Waals surface area contributed by atoms with Crippen LogP contribution < -0.4 is 10.6 Å². The van der Waals surface area contributed by atoms with Gasteiger partial charge >= 0.3 is 12.1 Å². The number of hydrogen-bond acceptors (Lipinski definition) is 9. The lowest BCUT2D eigenvalue weighted by atomic mass is 9.98. The average molecular weight is 723 g/mol. The first kappa shape index (κ1) is 41.4. The molecule has 0 radical (unpaired) electrons. The second-order valence-corrected chi connectivity index (χ2v) is 14.8. The van der Waals surface area contributed by atoms with Gasteiger partial charge in [-0.1, -0.05) is 58.0 Å². The van der Waals surface area contributed by atoms with Crippen LogP contribution in [0.5, 0.6) is 0 Å². The minimum atomic E-state index is -1.10. The number of esters is 1. The van der Waals surface area contributed by atoms with Gasteiger partial charge in [0, 0.05) is 26.9 Å². The quantitative estimate of drug-likeness (QED) is 0.180. The van der Waals surface area contributed by atoms with Crippen LogP contribution in [0.2, 0.25) is 0 Å². The Kier molecular flexibility index (Phi) is 15.1. The van der Waals surface area contributed by atoms with Gasteiger partial charge in [0.25, 0.3) is 0 Å². The van der Waals surface area contributed by atoms with Gasteiger partial charge in [-0.2, -0.15) is 0 Å². The first-order chi connectivity index (χ1) is 24.5. The maximum absolute atomic E-state index is 14.2. The Morgan fingerprint density at radius 3 is 1.81 bits per heavy atom. The molecule has 2 N–H and O–H groups in total. The number of nitrogens with zero attached hydrogens (tertiary/aromatic N) is 2. The van der Waals surface area contributed by atoms with Crippen molar-refractivity contribution in [1.82, 2.24) is 20.4 Å². The number of nitrogens with one attached hydrogen (secondary N) is 2. The Hall–Kier alpha value is -5.07. The summed E-state index contributed by atoms with van der Waals surface area (Å²) in [7, 11) is 2.98. The van der Waals surface area contributed by atoms with E-state index in [0.717, 1.165) is 5.56 Å². The summed E-state index contributed by atoms with van der Waals surface area (Å²) >= 11 is 0. The minimum absolute atomic E-state index is 0.0175. The van der Waals surface area contributed by atoms with Crippen LogP contribution >= 0.6 is 0 Å². The molecule has 4 amide bonds. The van der Waals surface area contributed by atoms with Gasteiger partial charge < -0.3 is 38.7 Å². The molecule has 3 rings (SSSR count). The van der Waals surface area contributed by atoms with Crippen molar-refractivity contribution in [2.75, 3.05) is 14.1 Å². The number of hydrogen-bond donors (Lipinski definition) is 2. The molecule has 52 heavy (non-hydrogen) atoms. The second kappa shape index (κ2) is 19.0. The Labute approximate surface area is 306 Å². The fourth-order valence-corrected chi connectivity index (χ4v) is 5.56. The Bertz CT molecular complexity index is 1580. The molecule has 0 bridgehead atoms. The molecule has 0 aliphatic rings. The second-order valence-electron chi connectivity index (χ2n) is 14.8. The van der Waals surface area contributed by atoms with E-state index >= 15 is 0 Å². The predicted molar refractivity (Wildman–Crippen MR) is 194 cm³/mol. The van der Waals surface area contributed by atoms with Crippen molar-refractivity contribution in [2.24, 2.45) is 11.8 Å². The lowest BCUT2D eigenvalue weighted by molar-refractivity contribution is -0.164. The van der Waals surface area contributed by atoms with E-state index in [4.69, 9.17) is 18.3 Å². The number of alkyl carbamates (subject to hydrolysis) is 1. The van der Waals surface area contributed by atoms with Crippen molar-refractivity contribution >= 4 is 29.8 Å². The van der Waals surface area contributed by atoms with E-state index in [2.05, 4.69) is 10.6 Å². The molecule has 2 heterocycles. The van der Waals surface area contributed by atoms with E-state index < -0.39 is 59.6 Å². The number of benzene rings is 1. The molecule has 0 fully saturated rings. The van der Waals surface area contributed by atoms with Gasteiger partial charge in [-0.05, 0) is 67.9 Å². The van der Waals surface area contributed by atoms with E-state index in [-0.39, 0.29) is 37.7 Å². The summed E-state index contributed by atoms with van der Waals surface area (Å²) in [5, 5.41) is 5.55. The van der Waals surface area contributed by atoms with Crippen molar-refractivity contribution < 1.29 is 42.3 Å². The van der Waals surface area contributed by atoms with Crippen molar-refractivity contribution in [2.45, 2.75) is 104 Å². The van der Waals surface area contributed by atoms with E-state index in [0.29, 0.717) is 11.1 Å². The molecule has 284 valence electrons. The van der Waals surface area contributed by atoms with E-state index in [9.17, 15) is 24.0 Å². The molecule has 2 aromatic heterocycles. The normalized spacial score (nSPS) is 13.8. The summed E-state index contributed by atoms with van der Waals surface area (Å²) in [6.07, 6.45) is 5.59. The maximum Gasteiger partial charge on any atom is 0.408 e. The summed E-state index contributed by atoms with van der Waals surface area (Å²) in [5.41, 5.74) is 1.32. The standard InChI is InChI=1S/C39H54N4O9/c1-25(2)19-30(35(45)43(9)32(21-29-16-18-50-23-29)37(47)52-39(5,6)7)40-34(44)31(20-28-15-17-49-22-28)42(8)36(46)33(26(3)4)41-38(48)51-24-27-13-11-10-12-14-27/h10-18,22-23,25-26,30-33H,19-21,24H2,1-9H3,(H,40,44)(H,41,48)/t30-,31?,32-,33-/m0/s1. The average Bonchev–Trinajstić information content (AvgIpc) is 3.80. The van der Waals surface area contributed by atoms with Gasteiger partial charge in [0.2, 0.25) is 17.7 Å². The number of ether oxygens (including phenoxy) is 2. The van der Waals surface area contributed by atoms with E-state index in [1.165, 1.54) is 48.9 Å². The molecule has 1 aromatic carbocycles. The molecule has 0 aliphatic carbocycles. The first-order valence-electron chi connectivity index (χ1n) is 17.5. The van der Waals surface area contributed by atoms with Crippen LogP contribution in [0.1, 0.15) is 71.6 Å². The zero-order chi connectivity index (χ0) is 38.6. The monoisotopic (exact) mass is 722 g/mol. The molecule has 13 nitrogen and oxygen atoms in total. The van der Waals surface area contributed by atoms with Gasteiger partial charge in [0.1, 0.15) is 36.4 Å². The van der Waals surface area contributed by atoms with Gasteiger partial charge in [-0.15, -0.1) is 0 Å². The van der Waals surface area contributed by atoms with Gasteiger partial charge in [0.05, 0.1) is 25.1 Å². The summed E-state index contributed by atoms with van der Waals surface area (Å²) in [6.45, 7) is 12.6. The van der Waals surface area contributed by atoms with Crippen LogP contribution in [0, 0.1) is 11.8 Å². The maximum atomic E-state index is 14.2. The Morgan fingerprint density at radius 1 is 0.750 bits per heavy atom. The van der Waals surface area contributed by atoms with Crippen molar-refractivity contribution in [3.05, 3.63) is 84.2 Å². The Morgan fingerprint density at radius 2 is 1.31 bits per heavy atom. The lowest BCUT2D eigenvalue weighted by Gasteiger charge is -2.35. The van der Waals surface area contributed by atoms with Crippen LogP contribution in [-0.2, 0) is 48.1 Å². The third-order valence-electron chi connectivity index (χ3n) is 8.37. The van der Waals surface area contributed by atoms with E-state index in [1.807, 2.05) is 44.2 Å². The van der Waals surface area contributed by atoms with Crippen molar-refractivity contribution in [1.29, 1.82) is 0 Å². The number of rotatable bonds is 17. The molecule has 0 saturated carbocycles. The third kappa shape index (κ3) is 12.6.